The van der Waals surface area contributed by atoms with Crippen molar-refractivity contribution in [2.24, 2.45) is 0 Å². The van der Waals surface area contributed by atoms with Gasteiger partial charge >= 0.3 is 12.4 Å². The SMILES string of the molecule is COc1cc2nc(Cc3ccccc3)n(-c3ccc(C(O)(C(F)(F)F)C(F)(F)F)cc3)c(=O)c2cc1-n1cccn1. The Morgan fingerprint density at radius 1 is 0.902 bits per heavy atom. The van der Waals surface area contributed by atoms with Gasteiger partial charge in [-0.3, -0.25) is 9.36 Å². The molecule has 41 heavy (non-hydrogen) atoms. The average Bonchev–Trinajstić information content (AvgIpc) is 3.47. The molecule has 2 heterocycles. The Morgan fingerprint density at radius 2 is 1.56 bits per heavy atom. The van der Waals surface area contributed by atoms with Gasteiger partial charge in [0.25, 0.3) is 11.2 Å². The van der Waals surface area contributed by atoms with E-state index in [1.807, 2.05) is 0 Å². The number of methoxy groups -OCH3 is 1. The van der Waals surface area contributed by atoms with Crippen molar-refractivity contribution >= 4 is 10.9 Å². The largest absolute Gasteiger partial charge is 0.494 e. The summed E-state index contributed by atoms with van der Waals surface area (Å²) < 4.78 is 88.6. The Labute approximate surface area is 227 Å². The predicted octanol–water partition coefficient (Wildman–Crippen LogP) is 5.48. The van der Waals surface area contributed by atoms with Gasteiger partial charge < -0.3 is 9.84 Å². The lowest BCUT2D eigenvalue weighted by molar-refractivity contribution is -0.376. The molecule has 0 saturated heterocycles. The maximum absolute atomic E-state index is 13.9. The van der Waals surface area contributed by atoms with Crippen LogP contribution >= 0.6 is 0 Å². The number of halogens is 6. The van der Waals surface area contributed by atoms with Crippen LogP contribution in [-0.2, 0) is 12.0 Å². The molecular weight excluding hydrogens is 554 g/mol. The number of hydrogen-bond acceptors (Lipinski definition) is 5. The smallest absolute Gasteiger partial charge is 0.430 e. The first-order chi connectivity index (χ1) is 19.3. The molecule has 0 aliphatic heterocycles. The van der Waals surface area contributed by atoms with Crippen LogP contribution in [0.15, 0.2) is 90.0 Å². The van der Waals surface area contributed by atoms with Crippen molar-refractivity contribution in [2.45, 2.75) is 24.4 Å². The third-order valence-corrected chi connectivity index (χ3v) is 6.56. The maximum Gasteiger partial charge on any atom is 0.430 e. The van der Waals surface area contributed by atoms with E-state index >= 15 is 0 Å². The van der Waals surface area contributed by atoms with Crippen LogP contribution in [0.4, 0.5) is 26.3 Å². The minimum atomic E-state index is -6.05. The highest BCUT2D eigenvalue weighted by Gasteiger charge is 2.71. The van der Waals surface area contributed by atoms with Crippen LogP contribution in [-0.4, -0.2) is 43.9 Å². The molecular formula is C28H20F6N4O3. The van der Waals surface area contributed by atoms with Crippen LogP contribution in [0.3, 0.4) is 0 Å². The van der Waals surface area contributed by atoms with E-state index in [1.165, 1.54) is 24.1 Å². The molecule has 0 bridgehead atoms. The standard InChI is InChI=1S/C28H20F6N4O3/c1-41-23-16-21-20(15-22(23)37-13-5-12-35-37)25(39)38(24(36-21)14-17-6-3-2-4-7-17)19-10-8-18(9-11-19)26(40,27(29,30)31)28(32,33)34/h2-13,15-16,40H,14H2,1H3. The molecule has 0 amide bonds. The molecule has 0 saturated carbocycles. The van der Waals surface area contributed by atoms with Crippen molar-refractivity contribution in [1.29, 1.82) is 0 Å². The minimum absolute atomic E-state index is 0.0535. The van der Waals surface area contributed by atoms with Gasteiger partial charge in [0.15, 0.2) is 0 Å². The van der Waals surface area contributed by atoms with Gasteiger partial charge in [-0.15, -0.1) is 0 Å². The Hall–Kier alpha value is -4.65. The fourth-order valence-electron chi connectivity index (χ4n) is 4.51. The molecule has 5 rings (SSSR count). The van der Waals surface area contributed by atoms with Crippen LogP contribution in [0.1, 0.15) is 17.0 Å². The molecule has 0 aliphatic rings. The lowest BCUT2D eigenvalue weighted by Crippen LogP contribution is -2.53. The van der Waals surface area contributed by atoms with Gasteiger partial charge in [0, 0.05) is 30.4 Å². The van der Waals surface area contributed by atoms with Crippen LogP contribution in [0, 0.1) is 0 Å². The van der Waals surface area contributed by atoms with Crippen LogP contribution < -0.4 is 10.3 Å². The first-order valence-electron chi connectivity index (χ1n) is 12.0. The van der Waals surface area contributed by atoms with Gasteiger partial charge in [-0.2, -0.15) is 31.4 Å². The number of benzene rings is 3. The molecule has 0 fully saturated rings. The summed E-state index contributed by atoms with van der Waals surface area (Å²) in [5.74, 6) is 0.525. The molecule has 0 radical (unpaired) electrons. The average molecular weight is 574 g/mol. The Morgan fingerprint density at radius 3 is 2.12 bits per heavy atom. The summed E-state index contributed by atoms with van der Waals surface area (Å²) in [5.41, 5.74) is -5.83. The molecule has 7 nitrogen and oxygen atoms in total. The number of rotatable bonds is 6. The monoisotopic (exact) mass is 574 g/mol. The van der Waals surface area contributed by atoms with Crippen LogP contribution in [0.2, 0.25) is 0 Å². The van der Waals surface area contributed by atoms with E-state index in [-0.39, 0.29) is 28.8 Å². The van der Waals surface area contributed by atoms with Crippen molar-refractivity contribution in [3.8, 4) is 17.1 Å². The summed E-state index contributed by atoms with van der Waals surface area (Å²) in [6.45, 7) is 0. The number of nitrogens with zero attached hydrogens (tertiary/aromatic N) is 4. The van der Waals surface area contributed by atoms with Gasteiger partial charge in [0.1, 0.15) is 17.3 Å². The van der Waals surface area contributed by atoms with E-state index in [0.29, 0.717) is 23.6 Å². The maximum atomic E-state index is 13.9. The molecule has 0 aliphatic carbocycles. The summed E-state index contributed by atoms with van der Waals surface area (Å²) in [5, 5.41) is 14.0. The fraction of sp³-hybridized carbons (Fsp3) is 0.179. The van der Waals surface area contributed by atoms with E-state index in [9.17, 15) is 36.2 Å². The third-order valence-electron chi connectivity index (χ3n) is 6.56. The minimum Gasteiger partial charge on any atom is -0.494 e. The summed E-state index contributed by atoms with van der Waals surface area (Å²) in [4.78, 5) is 18.5. The summed E-state index contributed by atoms with van der Waals surface area (Å²) >= 11 is 0. The van der Waals surface area contributed by atoms with Crippen LogP contribution in [0.5, 0.6) is 5.75 Å². The molecule has 0 unspecified atom stereocenters. The zero-order valence-electron chi connectivity index (χ0n) is 21.1. The van der Waals surface area contributed by atoms with Crippen molar-refractivity contribution in [3.63, 3.8) is 0 Å². The summed E-state index contributed by atoms with van der Waals surface area (Å²) in [6.07, 6.45) is -8.84. The molecule has 212 valence electrons. The normalized spacial score (nSPS) is 12.6. The Bertz CT molecular complexity index is 1730. The number of aliphatic hydroxyl groups is 1. The van der Waals surface area contributed by atoms with Gasteiger partial charge in [0.05, 0.1) is 23.7 Å². The first kappa shape index (κ1) is 27.9. The number of alkyl halides is 6. The van der Waals surface area contributed by atoms with E-state index in [0.717, 1.165) is 22.3 Å². The molecule has 13 heteroatoms. The lowest BCUT2D eigenvalue weighted by atomic mass is 9.92. The third kappa shape index (κ3) is 4.82. The van der Waals surface area contributed by atoms with E-state index in [4.69, 9.17) is 4.74 Å². The summed E-state index contributed by atoms with van der Waals surface area (Å²) in [6, 6.07) is 16.3. The van der Waals surface area contributed by atoms with E-state index in [2.05, 4.69) is 10.1 Å². The molecule has 0 atom stereocenters. The number of ether oxygens (including phenoxy) is 1. The fourth-order valence-corrected chi connectivity index (χ4v) is 4.51. The van der Waals surface area contributed by atoms with Crippen LogP contribution in [0.25, 0.3) is 22.3 Å². The second-order valence-corrected chi connectivity index (χ2v) is 9.08. The van der Waals surface area contributed by atoms with Gasteiger partial charge in [-0.1, -0.05) is 42.5 Å². The van der Waals surface area contributed by atoms with Gasteiger partial charge in [-0.25, -0.2) is 9.67 Å². The van der Waals surface area contributed by atoms with Crippen molar-refractivity contribution < 1.29 is 36.2 Å². The summed E-state index contributed by atoms with van der Waals surface area (Å²) in [7, 11) is 1.44. The second kappa shape index (κ2) is 10.1. The molecule has 0 spiro atoms. The number of fused-ring (bicyclic) bond motifs is 1. The molecule has 5 aromatic rings. The number of aromatic nitrogens is 4. The predicted molar refractivity (Wildman–Crippen MR) is 136 cm³/mol. The van der Waals surface area contributed by atoms with Crippen molar-refractivity contribution in [1.82, 2.24) is 19.3 Å². The highest BCUT2D eigenvalue weighted by molar-refractivity contribution is 5.83. The van der Waals surface area contributed by atoms with Gasteiger partial charge in [0.2, 0.25) is 0 Å². The Balaban J connectivity index is 1.73. The topological polar surface area (TPSA) is 82.2 Å². The number of hydrogen-bond donors (Lipinski definition) is 1. The Kier molecular flexibility index (Phi) is 6.85. The van der Waals surface area contributed by atoms with Crippen molar-refractivity contribution in [2.75, 3.05) is 7.11 Å². The van der Waals surface area contributed by atoms with E-state index in [1.54, 1.807) is 48.7 Å². The second-order valence-electron chi connectivity index (χ2n) is 9.08. The first-order valence-corrected chi connectivity index (χ1v) is 12.0. The highest BCUT2D eigenvalue weighted by Crippen LogP contribution is 2.50. The highest BCUT2D eigenvalue weighted by atomic mass is 19.4. The van der Waals surface area contributed by atoms with Gasteiger partial charge in [-0.05, 0) is 29.8 Å². The molecule has 1 N–H and O–H groups in total. The van der Waals surface area contributed by atoms with E-state index < -0.39 is 29.1 Å². The molecule has 3 aromatic carbocycles. The van der Waals surface area contributed by atoms with Crippen molar-refractivity contribution in [3.05, 3.63) is 112 Å². The quantitative estimate of drug-likeness (QED) is 0.272. The zero-order valence-corrected chi connectivity index (χ0v) is 21.1. The lowest BCUT2D eigenvalue weighted by Gasteiger charge is -2.32. The molecule has 2 aromatic heterocycles. The zero-order chi connectivity index (χ0) is 29.6.